The molecule has 2 rings (SSSR count). The van der Waals surface area contributed by atoms with Gasteiger partial charge in [0.1, 0.15) is 5.58 Å². The molecular weight excluding hydrogens is 252 g/mol. The van der Waals surface area contributed by atoms with Crippen molar-refractivity contribution in [2.45, 2.75) is 11.8 Å². The third-order valence-corrected chi connectivity index (χ3v) is 3.43. The Labute approximate surface area is 95.9 Å². The number of fused-ring (bicyclic) bond motifs is 1. The van der Waals surface area contributed by atoms with E-state index in [1.807, 2.05) is 6.92 Å². The molecule has 84 valence electrons. The van der Waals surface area contributed by atoms with Gasteiger partial charge in [-0.3, -0.25) is 0 Å². The first-order valence-corrected chi connectivity index (χ1v) is 6.68. The molecule has 0 amide bonds. The van der Waals surface area contributed by atoms with Crippen LogP contribution in [0.3, 0.4) is 0 Å². The Balaban J connectivity index is 2.90. The summed E-state index contributed by atoms with van der Waals surface area (Å²) in [5, 5.41) is 0.527. The monoisotopic (exact) mass is 258 g/mol. The molecule has 0 unspecified atom stereocenters. The fourth-order valence-electron chi connectivity index (χ4n) is 1.39. The highest BCUT2D eigenvalue weighted by molar-refractivity contribution is 8.13. The Morgan fingerprint density at radius 2 is 1.94 bits per heavy atom. The molecule has 0 aliphatic heterocycles. The summed E-state index contributed by atoms with van der Waals surface area (Å²) in [6, 6.07) is 6.30. The maximum absolute atomic E-state index is 11.3. The van der Waals surface area contributed by atoms with Gasteiger partial charge >= 0.3 is 5.63 Å². The lowest BCUT2D eigenvalue weighted by atomic mass is 10.2. The first kappa shape index (κ1) is 11.2. The van der Waals surface area contributed by atoms with Crippen molar-refractivity contribution in [3.8, 4) is 0 Å². The van der Waals surface area contributed by atoms with E-state index in [-0.39, 0.29) is 0 Å². The Kier molecular flexibility index (Phi) is 2.52. The summed E-state index contributed by atoms with van der Waals surface area (Å²) >= 11 is 0. The minimum atomic E-state index is -4.07. The van der Waals surface area contributed by atoms with E-state index in [1.54, 1.807) is 18.2 Å². The van der Waals surface area contributed by atoms with E-state index in [0.29, 0.717) is 11.0 Å². The normalized spacial score (nSPS) is 11.9. The van der Waals surface area contributed by atoms with Crippen molar-refractivity contribution in [3.63, 3.8) is 0 Å². The zero-order chi connectivity index (χ0) is 11.9. The molecule has 0 spiro atoms. The second-order valence-electron chi connectivity index (χ2n) is 3.38. The summed E-state index contributed by atoms with van der Waals surface area (Å²) in [6.07, 6.45) is 0. The number of hydrogen-bond donors (Lipinski definition) is 0. The lowest BCUT2D eigenvalue weighted by Crippen LogP contribution is -2.09. The van der Waals surface area contributed by atoms with Crippen LogP contribution in [0.2, 0.25) is 0 Å². The van der Waals surface area contributed by atoms with Crippen LogP contribution >= 0.6 is 10.7 Å². The van der Waals surface area contributed by atoms with E-state index in [9.17, 15) is 13.2 Å². The summed E-state index contributed by atoms with van der Waals surface area (Å²) < 4.78 is 27.0. The summed E-state index contributed by atoms with van der Waals surface area (Å²) in [5.74, 6) is 0. The van der Waals surface area contributed by atoms with Crippen LogP contribution < -0.4 is 5.63 Å². The largest absolute Gasteiger partial charge is 0.422 e. The highest BCUT2D eigenvalue weighted by atomic mass is 35.7. The highest BCUT2D eigenvalue weighted by Gasteiger charge is 2.17. The van der Waals surface area contributed by atoms with Gasteiger partial charge in [-0.15, -0.1) is 0 Å². The van der Waals surface area contributed by atoms with Crippen LogP contribution in [-0.4, -0.2) is 8.42 Å². The van der Waals surface area contributed by atoms with Gasteiger partial charge in [-0.05, 0) is 25.1 Å². The molecule has 16 heavy (non-hydrogen) atoms. The molecule has 0 radical (unpaired) electrons. The van der Waals surface area contributed by atoms with Gasteiger partial charge in [0.25, 0.3) is 9.05 Å². The summed E-state index contributed by atoms with van der Waals surface area (Å²) in [4.78, 5) is 10.8. The summed E-state index contributed by atoms with van der Waals surface area (Å²) in [7, 11) is 1.04. The average molecular weight is 259 g/mol. The maximum Gasteiger partial charge on any atom is 0.356 e. The minimum absolute atomic E-state index is 0.333. The van der Waals surface area contributed by atoms with Crippen LogP contribution in [0.5, 0.6) is 0 Å². The quantitative estimate of drug-likeness (QED) is 0.580. The second kappa shape index (κ2) is 3.61. The Morgan fingerprint density at radius 1 is 1.25 bits per heavy atom. The van der Waals surface area contributed by atoms with Crippen molar-refractivity contribution in [1.29, 1.82) is 0 Å². The second-order valence-corrected chi connectivity index (χ2v) is 5.91. The lowest BCUT2D eigenvalue weighted by molar-refractivity contribution is 0.535. The molecule has 0 bridgehead atoms. The molecule has 0 aliphatic rings. The van der Waals surface area contributed by atoms with E-state index < -0.39 is 19.6 Å². The van der Waals surface area contributed by atoms with Crippen molar-refractivity contribution in [2.24, 2.45) is 0 Å². The molecular formula is C10H7ClO4S. The van der Waals surface area contributed by atoms with Gasteiger partial charge in [-0.2, -0.15) is 0 Å². The molecule has 0 fully saturated rings. The lowest BCUT2D eigenvalue weighted by Gasteiger charge is -2.00. The van der Waals surface area contributed by atoms with Crippen LogP contribution in [-0.2, 0) is 9.05 Å². The molecule has 6 heteroatoms. The number of aryl methyl sites for hydroxylation is 1. The molecule has 1 aromatic carbocycles. The number of rotatable bonds is 1. The summed E-state index contributed by atoms with van der Waals surface area (Å²) in [5.41, 5.74) is 0.310. The molecule has 2 aromatic rings. The average Bonchev–Trinajstić information content (AvgIpc) is 2.16. The van der Waals surface area contributed by atoms with E-state index in [4.69, 9.17) is 15.1 Å². The number of hydrogen-bond acceptors (Lipinski definition) is 4. The molecule has 0 saturated heterocycles. The van der Waals surface area contributed by atoms with Crippen molar-refractivity contribution in [1.82, 2.24) is 0 Å². The molecule has 0 atom stereocenters. The molecule has 0 saturated carbocycles. The van der Waals surface area contributed by atoms with E-state index in [0.717, 1.165) is 5.56 Å². The van der Waals surface area contributed by atoms with Crippen molar-refractivity contribution < 1.29 is 12.8 Å². The molecule has 1 aromatic heterocycles. The van der Waals surface area contributed by atoms with E-state index in [1.165, 1.54) is 6.07 Å². The van der Waals surface area contributed by atoms with Gasteiger partial charge in [-0.1, -0.05) is 11.6 Å². The van der Waals surface area contributed by atoms with Gasteiger partial charge in [0, 0.05) is 16.1 Å². The zero-order valence-electron chi connectivity index (χ0n) is 8.23. The topological polar surface area (TPSA) is 64.3 Å². The van der Waals surface area contributed by atoms with Crippen LogP contribution in [0.25, 0.3) is 11.0 Å². The molecule has 0 aliphatic carbocycles. The maximum atomic E-state index is 11.3. The highest BCUT2D eigenvalue weighted by Crippen LogP contribution is 2.19. The Morgan fingerprint density at radius 3 is 2.56 bits per heavy atom. The first-order valence-electron chi connectivity index (χ1n) is 4.37. The number of halogens is 1. The predicted molar refractivity (Wildman–Crippen MR) is 60.3 cm³/mol. The van der Waals surface area contributed by atoms with Crippen LogP contribution in [0.1, 0.15) is 5.56 Å². The van der Waals surface area contributed by atoms with Crippen LogP contribution in [0.15, 0.2) is 38.4 Å². The molecule has 1 heterocycles. The van der Waals surface area contributed by atoms with Gasteiger partial charge < -0.3 is 4.42 Å². The smallest absolute Gasteiger partial charge is 0.356 e. The van der Waals surface area contributed by atoms with Crippen molar-refractivity contribution >= 4 is 30.7 Å². The third kappa shape index (κ3) is 1.96. The SMILES string of the molecule is Cc1ccc2oc(=O)c(S(=O)(=O)Cl)cc2c1. The predicted octanol–water partition coefficient (Wildman–Crippen LogP) is 2.03. The van der Waals surface area contributed by atoms with Gasteiger partial charge in [0.05, 0.1) is 0 Å². The van der Waals surface area contributed by atoms with Crippen molar-refractivity contribution in [2.75, 3.05) is 0 Å². The fourth-order valence-corrected chi connectivity index (χ4v) is 2.22. The van der Waals surface area contributed by atoms with Gasteiger partial charge in [-0.25, -0.2) is 13.2 Å². The Hall–Kier alpha value is -1.33. The van der Waals surface area contributed by atoms with Crippen LogP contribution in [0, 0.1) is 6.92 Å². The van der Waals surface area contributed by atoms with E-state index in [2.05, 4.69) is 0 Å². The molecule has 4 nitrogen and oxygen atoms in total. The number of benzene rings is 1. The van der Waals surface area contributed by atoms with Crippen LogP contribution in [0.4, 0.5) is 0 Å². The van der Waals surface area contributed by atoms with Gasteiger partial charge in [0.2, 0.25) is 0 Å². The van der Waals surface area contributed by atoms with E-state index >= 15 is 0 Å². The third-order valence-electron chi connectivity index (χ3n) is 2.12. The first-order chi connectivity index (χ1) is 7.38. The Bertz CT molecular complexity index is 715. The fraction of sp³-hybridized carbons (Fsp3) is 0.100. The van der Waals surface area contributed by atoms with Gasteiger partial charge in [0.15, 0.2) is 4.90 Å². The standard InChI is InChI=1S/C10H7ClO4S/c1-6-2-3-8-7(4-6)5-9(10(12)15-8)16(11,13)14/h2-5H,1H3. The zero-order valence-corrected chi connectivity index (χ0v) is 9.80. The summed E-state index contributed by atoms with van der Waals surface area (Å²) in [6.45, 7) is 1.85. The molecule has 0 N–H and O–H groups in total. The minimum Gasteiger partial charge on any atom is -0.422 e. The van der Waals surface area contributed by atoms with Crippen molar-refractivity contribution in [3.05, 3.63) is 40.2 Å².